The maximum atomic E-state index is 13.5. The smallest absolute Gasteiger partial charge is 0.167 e. The Morgan fingerprint density at radius 1 is 0.410 bits per heavy atom. The second kappa shape index (κ2) is 6.70. The molecule has 0 aliphatic heterocycles. The number of hydrogen-bond donors (Lipinski definition) is 0. The van der Waals surface area contributed by atoms with E-state index in [1.165, 1.54) is 86.5 Å². The molecule has 0 atom stereocenters. The van der Waals surface area contributed by atoms with Crippen molar-refractivity contribution in [2.24, 2.45) is 0 Å². The Morgan fingerprint density at radius 3 is 1.82 bits per heavy atom. The van der Waals surface area contributed by atoms with E-state index in [-0.39, 0.29) is 5.78 Å². The number of carbonyl (C=O) groups is 1. The van der Waals surface area contributed by atoms with Gasteiger partial charge in [-0.15, -0.1) is 0 Å². The summed E-state index contributed by atoms with van der Waals surface area (Å²) in [6.45, 7) is 0. The first-order chi connectivity index (χ1) is 19.3. The van der Waals surface area contributed by atoms with Gasteiger partial charge >= 0.3 is 0 Å². The average Bonchev–Trinajstić information content (AvgIpc) is 2.98. The molecule has 1 nitrogen and oxygen atoms in total. The van der Waals surface area contributed by atoms with Crippen LogP contribution >= 0.6 is 0 Å². The van der Waals surface area contributed by atoms with Gasteiger partial charge in [-0.1, -0.05) is 84.9 Å². The fourth-order valence-corrected chi connectivity index (χ4v) is 7.74. The molecule has 1 aliphatic carbocycles. The number of hydrogen-bond acceptors (Lipinski definition) is 1. The highest BCUT2D eigenvalue weighted by molar-refractivity contribution is 6.43. The summed E-state index contributed by atoms with van der Waals surface area (Å²) in [5, 5.41) is 18.0. The first-order valence-electron chi connectivity index (χ1n) is 13.6. The van der Waals surface area contributed by atoms with Crippen LogP contribution in [0.1, 0.15) is 15.9 Å². The lowest BCUT2D eigenvalue weighted by Crippen LogP contribution is -2.13. The molecule has 0 aromatic heterocycles. The van der Waals surface area contributed by atoms with Crippen LogP contribution in [0.2, 0.25) is 0 Å². The Bertz CT molecular complexity index is 2530. The highest BCUT2D eigenvalue weighted by Gasteiger charge is 2.29. The van der Waals surface area contributed by atoms with Crippen LogP contribution in [0, 0.1) is 0 Å². The highest BCUT2D eigenvalue weighted by atomic mass is 16.1. The normalized spacial score (nSPS) is 13.6. The van der Waals surface area contributed by atoms with Crippen molar-refractivity contribution in [1.82, 2.24) is 0 Å². The highest BCUT2D eigenvalue weighted by Crippen LogP contribution is 2.52. The lowest BCUT2D eigenvalue weighted by Gasteiger charge is -2.27. The minimum atomic E-state index is 0.208. The van der Waals surface area contributed by atoms with Gasteiger partial charge in [-0.3, -0.25) is 4.79 Å². The molecule has 0 radical (unpaired) electrons. The van der Waals surface area contributed by atoms with Crippen LogP contribution in [0.15, 0.2) is 109 Å². The molecule has 0 heterocycles. The van der Waals surface area contributed by atoms with Gasteiger partial charge in [0.1, 0.15) is 0 Å². The summed E-state index contributed by atoms with van der Waals surface area (Å²) in [6, 6.07) is 39.7. The van der Waals surface area contributed by atoms with E-state index in [2.05, 4.69) is 97.1 Å². The van der Waals surface area contributed by atoms with Crippen molar-refractivity contribution in [1.29, 1.82) is 0 Å². The first-order valence-corrected chi connectivity index (χ1v) is 13.6. The van der Waals surface area contributed by atoms with Crippen molar-refractivity contribution < 1.29 is 4.79 Å². The quantitative estimate of drug-likeness (QED) is 0.152. The van der Waals surface area contributed by atoms with E-state index in [1.807, 2.05) is 12.1 Å². The molecule has 39 heavy (non-hydrogen) atoms. The third kappa shape index (κ3) is 2.31. The monoisotopic (exact) mass is 492 g/mol. The predicted octanol–water partition coefficient (Wildman–Crippen LogP) is 10.0. The fourth-order valence-electron chi connectivity index (χ4n) is 7.74. The molecule has 0 bridgehead atoms. The largest absolute Gasteiger partial charge is 0.294 e. The molecule has 0 fully saturated rings. The molecule has 0 saturated carbocycles. The number of rotatable bonds is 0. The van der Waals surface area contributed by atoms with Crippen LogP contribution in [-0.4, -0.2) is 5.78 Å². The van der Waals surface area contributed by atoms with Crippen molar-refractivity contribution in [3.63, 3.8) is 0 Å². The molecule has 1 aliphatic rings. The Balaban J connectivity index is 1.60. The number of fused-ring (bicyclic) bond motifs is 9. The van der Waals surface area contributed by atoms with Gasteiger partial charge in [-0.25, -0.2) is 0 Å². The number of ketones is 1. The molecule has 0 N–H and O–H groups in total. The van der Waals surface area contributed by atoms with E-state index in [9.17, 15) is 4.79 Å². The summed E-state index contributed by atoms with van der Waals surface area (Å²) in [6.07, 6.45) is 0.432. The number of carbonyl (C=O) groups excluding carboxylic acids is 1. The summed E-state index contributed by atoms with van der Waals surface area (Å²) >= 11 is 0. The average molecular weight is 493 g/mol. The zero-order valence-electron chi connectivity index (χ0n) is 21.0. The standard InChI is InChI=1S/C38H20O/c39-33-19-31-29-16-21-8-2-4-10-25(21)28-17-23-14-13-22-15-20-7-1-3-9-24(20)30-18-32(38(37(28)29)35(23)34(22)30)36(31)27-12-6-5-11-26(27)33/h1-18H,19H2. The molecule has 0 amide bonds. The van der Waals surface area contributed by atoms with Gasteiger partial charge in [0.05, 0.1) is 0 Å². The third-order valence-electron chi connectivity index (χ3n) is 9.28. The summed E-state index contributed by atoms with van der Waals surface area (Å²) < 4.78 is 0. The minimum Gasteiger partial charge on any atom is -0.294 e. The Morgan fingerprint density at radius 2 is 1.03 bits per heavy atom. The zero-order valence-corrected chi connectivity index (χ0v) is 21.0. The van der Waals surface area contributed by atoms with E-state index in [0.717, 1.165) is 11.1 Å². The molecule has 0 spiro atoms. The molecule has 9 aromatic rings. The molecule has 0 saturated heterocycles. The van der Waals surface area contributed by atoms with Crippen LogP contribution in [0.5, 0.6) is 0 Å². The van der Waals surface area contributed by atoms with Crippen molar-refractivity contribution in [3.8, 4) is 11.1 Å². The lowest BCUT2D eigenvalue weighted by atomic mass is 9.75. The van der Waals surface area contributed by atoms with Gasteiger partial charge < -0.3 is 0 Å². The Labute approximate surface area is 223 Å². The number of Topliss-reactive ketones (excluding diaryl/α,β-unsaturated/α-hetero) is 1. The minimum absolute atomic E-state index is 0.208. The van der Waals surface area contributed by atoms with Crippen molar-refractivity contribution in [2.45, 2.75) is 6.42 Å². The Kier molecular flexibility index (Phi) is 3.44. The van der Waals surface area contributed by atoms with Gasteiger partial charge in [0.25, 0.3) is 0 Å². The van der Waals surface area contributed by atoms with Gasteiger partial charge in [0.2, 0.25) is 0 Å². The second-order valence-corrected chi connectivity index (χ2v) is 11.1. The molecule has 10 rings (SSSR count). The van der Waals surface area contributed by atoms with Crippen molar-refractivity contribution >= 4 is 81.2 Å². The summed E-state index contributed by atoms with van der Waals surface area (Å²) in [5.41, 5.74) is 4.31. The topological polar surface area (TPSA) is 17.1 Å². The van der Waals surface area contributed by atoms with Crippen LogP contribution in [0.4, 0.5) is 0 Å². The van der Waals surface area contributed by atoms with Gasteiger partial charge in [0.15, 0.2) is 5.78 Å². The van der Waals surface area contributed by atoms with Crippen molar-refractivity contribution in [3.05, 3.63) is 120 Å². The molecule has 1 heteroatoms. The predicted molar refractivity (Wildman–Crippen MR) is 165 cm³/mol. The van der Waals surface area contributed by atoms with E-state index in [0.29, 0.717) is 6.42 Å². The third-order valence-corrected chi connectivity index (χ3v) is 9.28. The van der Waals surface area contributed by atoms with E-state index in [4.69, 9.17) is 0 Å². The summed E-state index contributed by atoms with van der Waals surface area (Å²) in [4.78, 5) is 13.5. The maximum absolute atomic E-state index is 13.5. The molecule has 9 aromatic carbocycles. The molecule has 178 valence electrons. The van der Waals surface area contributed by atoms with Crippen LogP contribution in [-0.2, 0) is 6.42 Å². The van der Waals surface area contributed by atoms with Crippen LogP contribution in [0.3, 0.4) is 0 Å². The summed E-state index contributed by atoms with van der Waals surface area (Å²) in [5.74, 6) is 0.208. The van der Waals surface area contributed by atoms with E-state index in [1.54, 1.807) is 0 Å². The fraction of sp³-hybridized carbons (Fsp3) is 0.0263. The van der Waals surface area contributed by atoms with Gasteiger partial charge in [-0.05, 0) is 116 Å². The lowest BCUT2D eigenvalue weighted by molar-refractivity contribution is 0.0992. The van der Waals surface area contributed by atoms with Crippen LogP contribution in [0.25, 0.3) is 86.5 Å². The molecular formula is C38H20O. The van der Waals surface area contributed by atoms with Gasteiger partial charge in [0, 0.05) is 12.0 Å². The second-order valence-electron chi connectivity index (χ2n) is 11.1. The molecule has 0 unspecified atom stereocenters. The Hall–Kier alpha value is -5.01. The maximum Gasteiger partial charge on any atom is 0.167 e. The molecular weight excluding hydrogens is 472 g/mol. The number of benzene rings is 9. The van der Waals surface area contributed by atoms with Crippen molar-refractivity contribution in [2.75, 3.05) is 0 Å². The van der Waals surface area contributed by atoms with Gasteiger partial charge in [-0.2, -0.15) is 0 Å². The van der Waals surface area contributed by atoms with Crippen LogP contribution < -0.4 is 0 Å². The first kappa shape index (κ1) is 20.0. The van der Waals surface area contributed by atoms with E-state index < -0.39 is 0 Å². The van der Waals surface area contributed by atoms with E-state index >= 15 is 0 Å². The zero-order chi connectivity index (χ0) is 25.4. The summed E-state index contributed by atoms with van der Waals surface area (Å²) in [7, 11) is 0. The SMILES string of the molecule is O=C1Cc2c(c3cc4c5ccccc5cc5ccc6cc7c8ccccc8cc2c7c3c6c54)-c2ccccc21.